The zero-order valence-electron chi connectivity index (χ0n) is 19.8. The van der Waals surface area contributed by atoms with E-state index in [0.717, 1.165) is 29.9 Å². The Labute approximate surface area is 211 Å². The maximum absolute atomic E-state index is 13.4. The third kappa shape index (κ3) is 4.50. The summed E-state index contributed by atoms with van der Waals surface area (Å²) in [4.78, 5) is 17.6. The maximum atomic E-state index is 13.4. The molecule has 2 aliphatic rings. The summed E-state index contributed by atoms with van der Waals surface area (Å²) in [6, 6.07) is 19.8. The largest absolute Gasteiger partial charge is 0.368 e. The van der Waals surface area contributed by atoms with Crippen molar-refractivity contribution in [2.24, 2.45) is 0 Å². The van der Waals surface area contributed by atoms with Crippen molar-refractivity contribution in [1.29, 1.82) is 0 Å². The molecular weight excluding hydrogens is 482 g/mol. The summed E-state index contributed by atoms with van der Waals surface area (Å²) < 4.78 is 28.3. The molecule has 1 fully saturated rings. The van der Waals surface area contributed by atoms with Crippen LogP contribution in [0.4, 0.5) is 11.4 Å². The minimum Gasteiger partial charge on any atom is -0.368 e. The number of benzene rings is 3. The zero-order valence-corrected chi connectivity index (χ0v) is 21.4. The van der Waals surface area contributed by atoms with Crippen molar-refractivity contribution < 1.29 is 13.2 Å². The van der Waals surface area contributed by atoms with Crippen LogP contribution in [0.3, 0.4) is 0 Å². The van der Waals surface area contributed by atoms with Gasteiger partial charge in [-0.15, -0.1) is 0 Å². The number of fused-ring (bicyclic) bond motifs is 1. The monoisotopic (exact) mass is 509 g/mol. The van der Waals surface area contributed by atoms with Crippen LogP contribution in [0.1, 0.15) is 28.4 Å². The van der Waals surface area contributed by atoms with Crippen LogP contribution < -0.4 is 9.21 Å². The zero-order chi connectivity index (χ0) is 24.7. The predicted molar refractivity (Wildman–Crippen MR) is 140 cm³/mol. The molecule has 6 nitrogen and oxygen atoms in total. The third-order valence-corrected chi connectivity index (χ3v) is 8.98. The molecule has 1 amide bonds. The van der Waals surface area contributed by atoms with Crippen LogP contribution in [-0.4, -0.2) is 51.4 Å². The molecule has 0 aromatic heterocycles. The maximum Gasteiger partial charge on any atom is 0.264 e. The van der Waals surface area contributed by atoms with E-state index in [2.05, 4.69) is 4.90 Å². The quantitative estimate of drug-likeness (QED) is 0.509. The van der Waals surface area contributed by atoms with Crippen LogP contribution in [0, 0.1) is 6.92 Å². The summed E-state index contributed by atoms with van der Waals surface area (Å²) in [6.45, 7) is 6.54. The van der Waals surface area contributed by atoms with Crippen LogP contribution in [0.15, 0.2) is 71.6 Å². The Morgan fingerprint density at radius 2 is 1.66 bits per heavy atom. The summed E-state index contributed by atoms with van der Waals surface area (Å²) in [5.74, 6) is -0.0222. The number of amides is 1. The lowest BCUT2D eigenvalue weighted by atomic mass is 10.1. The van der Waals surface area contributed by atoms with Gasteiger partial charge in [0.1, 0.15) is 0 Å². The standard InChI is InChI=1S/C27H28ClN3O3S/c1-19-6-9-25(10-7-19)35(33,34)31-20(2)16-22-17-21(8-11-26(22)31)27(32)30-14-12-29(13-15-30)24-5-3-4-23(28)18-24/h3-11,17-18,20H,12-16H2,1-2H3/t20-/m0/s1. The summed E-state index contributed by atoms with van der Waals surface area (Å²) in [6.07, 6.45) is 0.574. The molecule has 0 spiro atoms. The molecule has 5 rings (SSSR count). The summed E-state index contributed by atoms with van der Waals surface area (Å²) in [5.41, 5.74) is 4.21. The van der Waals surface area contributed by atoms with E-state index in [4.69, 9.17) is 11.6 Å². The lowest BCUT2D eigenvalue weighted by molar-refractivity contribution is 0.0746. The van der Waals surface area contributed by atoms with Crippen LogP contribution in [-0.2, 0) is 16.4 Å². The van der Waals surface area contributed by atoms with E-state index >= 15 is 0 Å². The first kappa shape index (κ1) is 23.7. The van der Waals surface area contributed by atoms with Gasteiger partial charge in [-0.05, 0) is 74.4 Å². The predicted octanol–water partition coefficient (Wildman–Crippen LogP) is 4.75. The number of aryl methyl sites for hydroxylation is 1. The Bertz CT molecular complexity index is 1370. The van der Waals surface area contributed by atoms with Crippen molar-refractivity contribution in [1.82, 2.24) is 4.90 Å². The number of sulfonamides is 1. The van der Waals surface area contributed by atoms with Crippen molar-refractivity contribution >= 4 is 38.9 Å². The number of hydrogen-bond donors (Lipinski definition) is 0. The van der Waals surface area contributed by atoms with Gasteiger partial charge in [0, 0.05) is 48.5 Å². The van der Waals surface area contributed by atoms with Crippen molar-refractivity contribution in [3.63, 3.8) is 0 Å². The average molecular weight is 510 g/mol. The first-order valence-corrected chi connectivity index (χ1v) is 13.6. The van der Waals surface area contributed by atoms with Gasteiger partial charge in [0.15, 0.2) is 0 Å². The van der Waals surface area contributed by atoms with Crippen LogP contribution >= 0.6 is 11.6 Å². The lowest BCUT2D eigenvalue weighted by Gasteiger charge is -2.36. The third-order valence-electron chi connectivity index (χ3n) is 6.80. The number of anilines is 2. The average Bonchev–Trinajstić information content (AvgIpc) is 3.19. The fraction of sp³-hybridized carbons (Fsp3) is 0.296. The molecule has 8 heteroatoms. The SMILES string of the molecule is Cc1ccc(S(=O)(=O)N2c3ccc(C(=O)N4CCN(c5cccc(Cl)c5)CC4)cc3C[C@@H]2C)cc1. The van der Waals surface area contributed by atoms with Crippen molar-refractivity contribution in [2.75, 3.05) is 35.4 Å². The molecule has 35 heavy (non-hydrogen) atoms. The molecule has 0 unspecified atom stereocenters. The van der Waals surface area contributed by atoms with E-state index in [-0.39, 0.29) is 16.8 Å². The topological polar surface area (TPSA) is 60.9 Å². The molecular formula is C27H28ClN3O3S. The fourth-order valence-corrected chi connectivity index (χ4v) is 6.83. The van der Waals surface area contributed by atoms with E-state index in [1.807, 2.05) is 61.2 Å². The first-order valence-electron chi connectivity index (χ1n) is 11.8. The molecule has 3 aromatic rings. The Hall–Kier alpha value is -3.03. The van der Waals surface area contributed by atoms with Gasteiger partial charge < -0.3 is 9.80 Å². The Morgan fingerprint density at radius 3 is 2.34 bits per heavy atom. The minimum absolute atomic E-state index is 0.0222. The van der Waals surface area contributed by atoms with Crippen molar-refractivity contribution in [2.45, 2.75) is 31.2 Å². The molecule has 1 atom stereocenters. The first-order chi connectivity index (χ1) is 16.7. The molecule has 0 radical (unpaired) electrons. The summed E-state index contributed by atoms with van der Waals surface area (Å²) in [5, 5.41) is 0.701. The second-order valence-corrected chi connectivity index (χ2v) is 11.5. The number of hydrogen-bond acceptors (Lipinski definition) is 4. The number of carbonyl (C=O) groups is 1. The number of rotatable bonds is 4. The molecule has 182 valence electrons. The van der Waals surface area contributed by atoms with Gasteiger partial charge in [0.2, 0.25) is 0 Å². The van der Waals surface area contributed by atoms with Gasteiger partial charge in [0.05, 0.1) is 10.6 Å². The minimum atomic E-state index is -3.68. The van der Waals surface area contributed by atoms with Gasteiger partial charge >= 0.3 is 0 Å². The highest BCUT2D eigenvalue weighted by Gasteiger charge is 2.36. The number of carbonyl (C=O) groups excluding carboxylic acids is 1. The van der Waals surface area contributed by atoms with E-state index in [1.165, 1.54) is 4.31 Å². The normalized spacial score (nSPS) is 18.0. The number of halogens is 1. The Kier molecular flexibility index (Phi) is 6.23. The van der Waals surface area contributed by atoms with E-state index in [0.29, 0.717) is 35.8 Å². The van der Waals surface area contributed by atoms with Gasteiger partial charge in [-0.1, -0.05) is 35.4 Å². The molecule has 3 aromatic carbocycles. The Balaban J connectivity index is 1.32. The molecule has 0 saturated carbocycles. The molecule has 2 heterocycles. The second-order valence-electron chi connectivity index (χ2n) is 9.27. The lowest BCUT2D eigenvalue weighted by Crippen LogP contribution is -2.48. The highest BCUT2D eigenvalue weighted by Crippen LogP contribution is 2.37. The number of nitrogens with zero attached hydrogens (tertiary/aromatic N) is 3. The van der Waals surface area contributed by atoms with E-state index in [1.54, 1.807) is 24.3 Å². The smallest absolute Gasteiger partial charge is 0.264 e. The highest BCUT2D eigenvalue weighted by molar-refractivity contribution is 7.92. The van der Waals surface area contributed by atoms with Gasteiger partial charge in [-0.25, -0.2) is 8.42 Å². The van der Waals surface area contributed by atoms with Gasteiger partial charge in [-0.2, -0.15) is 0 Å². The molecule has 0 bridgehead atoms. The fourth-order valence-electron chi connectivity index (χ4n) is 4.95. The van der Waals surface area contributed by atoms with Crippen LogP contribution in [0.2, 0.25) is 5.02 Å². The molecule has 0 aliphatic carbocycles. The molecule has 0 N–H and O–H groups in total. The number of piperazine rings is 1. The van der Waals surface area contributed by atoms with Crippen molar-refractivity contribution in [3.8, 4) is 0 Å². The van der Waals surface area contributed by atoms with Crippen LogP contribution in [0.25, 0.3) is 0 Å². The van der Waals surface area contributed by atoms with E-state index < -0.39 is 10.0 Å². The Morgan fingerprint density at radius 1 is 0.943 bits per heavy atom. The summed E-state index contributed by atoms with van der Waals surface area (Å²) in [7, 11) is -3.68. The van der Waals surface area contributed by atoms with Gasteiger partial charge in [-0.3, -0.25) is 9.10 Å². The van der Waals surface area contributed by atoms with Gasteiger partial charge in [0.25, 0.3) is 15.9 Å². The second kappa shape index (κ2) is 9.21. The van der Waals surface area contributed by atoms with E-state index in [9.17, 15) is 13.2 Å². The molecule has 1 saturated heterocycles. The highest BCUT2D eigenvalue weighted by atomic mass is 35.5. The van der Waals surface area contributed by atoms with Crippen LogP contribution in [0.5, 0.6) is 0 Å². The summed E-state index contributed by atoms with van der Waals surface area (Å²) >= 11 is 6.13. The molecule has 2 aliphatic heterocycles. The van der Waals surface area contributed by atoms with Crippen molar-refractivity contribution in [3.05, 3.63) is 88.4 Å².